The fourth-order valence-electron chi connectivity index (χ4n) is 1.99. The second-order valence-corrected chi connectivity index (χ2v) is 4.91. The smallest absolute Gasteiger partial charge is 0.0690 e. The second kappa shape index (κ2) is 4.22. The van der Waals surface area contributed by atoms with Crippen LogP contribution in [0.3, 0.4) is 0 Å². The van der Waals surface area contributed by atoms with Gasteiger partial charge in [0.15, 0.2) is 0 Å². The van der Waals surface area contributed by atoms with Crippen LogP contribution in [0.1, 0.15) is 5.56 Å². The molecule has 3 rings (SSSR count). The molecule has 0 fully saturated rings. The molecule has 0 aromatic heterocycles. The highest BCUT2D eigenvalue weighted by molar-refractivity contribution is 7.99. The number of hydrogen-bond donors (Lipinski definition) is 0. The Morgan fingerprint density at radius 1 is 0.938 bits per heavy atom. The molecule has 0 spiro atoms. The molecule has 0 atom stereocenters. The van der Waals surface area contributed by atoms with Crippen LogP contribution in [0.15, 0.2) is 59.5 Å². The first-order chi connectivity index (χ1) is 7.93. The fraction of sp³-hybridized carbons (Fsp3) is 0.143. The first-order valence-electron chi connectivity index (χ1n) is 5.44. The third-order valence-corrected chi connectivity index (χ3v) is 3.90. The fourth-order valence-corrected chi connectivity index (χ4v) is 3.04. The molecule has 2 aromatic rings. The molecule has 1 aliphatic rings. The Morgan fingerprint density at radius 2 is 1.69 bits per heavy atom. The first kappa shape index (κ1) is 9.79. The van der Waals surface area contributed by atoms with Gasteiger partial charge in [0.05, 0.1) is 11.6 Å². The third kappa shape index (κ3) is 1.81. The minimum absolute atomic E-state index is 1.00. The van der Waals surface area contributed by atoms with E-state index in [4.69, 9.17) is 0 Å². The molecular formula is C14H13NS. The molecule has 0 bridgehead atoms. The van der Waals surface area contributed by atoms with Gasteiger partial charge in [0, 0.05) is 11.4 Å². The van der Waals surface area contributed by atoms with Crippen LogP contribution < -0.4 is 4.90 Å². The number of benzene rings is 2. The van der Waals surface area contributed by atoms with Gasteiger partial charge in [0.1, 0.15) is 0 Å². The molecule has 1 aliphatic heterocycles. The molecule has 0 amide bonds. The number of fused-ring (bicyclic) bond motifs is 1. The number of hydrogen-bond acceptors (Lipinski definition) is 2. The van der Waals surface area contributed by atoms with Crippen molar-refractivity contribution in [3.05, 3.63) is 60.2 Å². The number of anilines is 1. The van der Waals surface area contributed by atoms with E-state index in [0.717, 1.165) is 12.4 Å². The highest BCUT2D eigenvalue weighted by atomic mass is 32.2. The summed E-state index contributed by atoms with van der Waals surface area (Å²) in [6.07, 6.45) is 0. The Morgan fingerprint density at radius 3 is 2.56 bits per heavy atom. The predicted molar refractivity (Wildman–Crippen MR) is 69.8 cm³/mol. The Bertz CT molecular complexity index is 481. The summed E-state index contributed by atoms with van der Waals surface area (Å²) in [6.45, 7) is 1.00. The van der Waals surface area contributed by atoms with Crippen molar-refractivity contribution in [2.75, 3.05) is 10.8 Å². The van der Waals surface area contributed by atoms with E-state index in [1.54, 1.807) is 0 Å². The molecule has 1 nitrogen and oxygen atoms in total. The summed E-state index contributed by atoms with van der Waals surface area (Å²) < 4.78 is 0. The summed E-state index contributed by atoms with van der Waals surface area (Å²) in [5.41, 5.74) is 2.75. The van der Waals surface area contributed by atoms with Gasteiger partial charge in [0.25, 0.3) is 0 Å². The van der Waals surface area contributed by atoms with Crippen molar-refractivity contribution < 1.29 is 0 Å². The largest absolute Gasteiger partial charge is 0.357 e. The van der Waals surface area contributed by atoms with E-state index >= 15 is 0 Å². The lowest BCUT2D eigenvalue weighted by molar-refractivity contribution is 0.908. The summed E-state index contributed by atoms with van der Waals surface area (Å²) in [7, 11) is 0. The Labute approximate surface area is 100 Å². The predicted octanol–water partition coefficient (Wildman–Crippen LogP) is 3.76. The van der Waals surface area contributed by atoms with Gasteiger partial charge in [-0.05, 0) is 17.7 Å². The molecule has 0 saturated heterocycles. The third-order valence-electron chi connectivity index (χ3n) is 2.80. The lowest BCUT2D eigenvalue weighted by atomic mass is 10.2. The molecule has 1 heterocycles. The molecule has 0 radical (unpaired) electrons. The Balaban J connectivity index is 1.84. The van der Waals surface area contributed by atoms with Crippen LogP contribution in [0.2, 0.25) is 0 Å². The Kier molecular flexibility index (Phi) is 2.58. The van der Waals surface area contributed by atoms with Crippen molar-refractivity contribution in [1.82, 2.24) is 0 Å². The lowest BCUT2D eigenvalue weighted by Crippen LogP contribution is -2.17. The van der Waals surface area contributed by atoms with Crippen LogP contribution in [0.25, 0.3) is 0 Å². The van der Waals surface area contributed by atoms with Gasteiger partial charge in [-0.3, -0.25) is 0 Å². The van der Waals surface area contributed by atoms with E-state index < -0.39 is 0 Å². The van der Waals surface area contributed by atoms with Gasteiger partial charge in [0.2, 0.25) is 0 Å². The summed E-state index contributed by atoms with van der Waals surface area (Å²) in [5, 5.41) is 0. The van der Waals surface area contributed by atoms with E-state index in [9.17, 15) is 0 Å². The quantitative estimate of drug-likeness (QED) is 0.768. The van der Waals surface area contributed by atoms with E-state index in [-0.39, 0.29) is 0 Å². The zero-order chi connectivity index (χ0) is 10.8. The van der Waals surface area contributed by atoms with Gasteiger partial charge in [-0.15, -0.1) is 11.8 Å². The molecular weight excluding hydrogens is 214 g/mol. The zero-order valence-electron chi connectivity index (χ0n) is 8.97. The average molecular weight is 227 g/mol. The topological polar surface area (TPSA) is 3.24 Å². The first-order valence-corrected chi connectivity index (χ1v) is 6.43. The summed E-state index contributed by atoms with van der Waals surface area (Å²) >= 11 is 1.92. The van der Waals surface area contributed by atoms with Crippen LogP contribution in [0.5, 0.6) is 0 Å². The highest BCUT2D eigenvalue weighted by Gasteiger charge is 2.18. The molecule has 2 aromatic carbocycles. The maximum atomic E-state index is 2.43. The molecule has 16 heavy (non-hydrogen) atoms. The molecule has 0 saturated carbocycles. The maximum absolute atomic E-state index is 2.43. The lowest BCUT2D eigenvalue weighted by Gasteiger charge is -2.18. The number of thioether (sulfide) groups is 1. The van der Waals surface area contributed by atoms with Gasteiger partial charge in [-0.25, -0.2) is 0 Å². The highest BCUT2D eigenvalue weighted by Crippen LogP contribution is 2.38. The van der Waals surface area contributed by atoms with Gasteiger partial charge in [-0.2, -0.15) is 0 Å². The number of nitrogens with zero attached hydrogens (tertiary/aromatic N) is 1. The minimum Gasteiger partial charge on any atom is -0.357 e. The Hall–Kier alpha value is -1.41. The van der Waals surface area contributed by atoms with Crippen molar-refractivity contribution in [2.45, 2.75) is 11.4 Å². The summed E-state index contributed by atoms with van der Waals surface area (Å²) in [5.74, 6) is 1.06. The normalized spacial score (nSPS) is 13.9. The van der Waals surface area contributed by atoms with Gasteiger partial charge < -0.3 is 4.90 Å². The molecule has 80 valence electrons. The zero-order valence-corrected chi connectivity index (χ0v) is 9.78. The van der Waals surface area contributed by atoms with Crippen LogP contribution in [-0.2, 0) is 6.54 Å². The standard InChI is InChI=1S/C14H13NS/c1-2-6-12(7-3-1)10-15-11-16-14-9-5-4-8-13(14)15/h1-9H,10-11H2. The maximum Gasteiger partial charge on any atom is 0.0690 e. The van der Waals surface area contributed by atoms with E-state index in [1.807, 2.05) is 11.8 Å². The SMILES string of the molecule is c1ccc(CN2CSc3ccccc32)cc1. The summed E-state index contributed by atoms with van der Waals surface area (Å²) in [4.78, 5) is 3.83. The van der Waals surface area contributed by atoms with Crippen molar-refractivity contribution in [3.8, 4) is 0 Å². The van der Waals surface area contributed by atoms with Crippen molar-refractivity contribution in [1.29, 1.82) is 0 Å². The molecule has 0 N–H and O–H groups in total. The average Bonchev–Trinajstić information content (AvgIpc) is 2.74. The van der Waals surface area contributed by atoms with Crippen molar-refractivity contribution in [2.24, 2.45) is 0 Å². The van der Waals surface area contributed by atoms with E-state index in [1.165, 1.54) is 16.1 Å². The van der Waals surface area contributed by atoms with Crippen LogP contribution >= 0.6 is 11.8 Å². The molecule has 0 unspecified atom stereocenters. The van der Waals surface area contributed by atoms with Crippen LogP contribution in [-0.4, -0.2) is 5.88 Å². The van der Waals surface area contributed by atoms with Crippen molar-refractivity contribution in [3.63, 3.8) is 0 Å². The number of para-hydroxylation sites is 1. The van der Waals surface area contributed by atoms with Crippen molar-refractivity contribution >= 4 is 17.4 Å². The van der Waals surface area contributed by atoms with E-state index in [0.29, 0.717) is 0 Å². The minimum atomic E-state index is 1.00. The van der Waals surface area contributed by atoms with Crippen LogP contribution in [0.4, 0.5) is 5.69 Å². The molecule has 2 heteroatoms. The number of rotatable bonds is 2. The van der Waals surface area contributed by atoms with Gasteiger partial charge >= 0.3 is 0 Å². The van der Waals surface area contributed by atoms with Crippen LogP contribution in [0, 0.1) is 0 Å². The monoisotopic (exact) mass is 227 g/mol. The van der Waals surface area contributed by atoms with E-state index in [2.05, 4.69) is 59.5 Å². The summed E-state index contributed by atoms with van der Waals surface area (Å²) in [6, 6.07) is 19.3. The second-order valence-electron chi connectivity index (χ2n) is 3.92. The van der Waals surface area contributed by atoms with Gasteiger partial charge in [-0.1, -0.05) is 42.5 Å². The molecule has 0 aliphatic carbocycles.